The van der Waals surface area contributed by atoms with Gasteiger partial charge in [-0.05, 0) is 51.2 Å². The quantitative estimate of drug-likeness (QED) is 0.836. The van der Waals surface area contributed by atoms with Crippen LogP contribution >= 0.6 is 0 Å². The minimum Gasteiger partial charge on any atom is -0.466 e. The number of hydrogen-bond donors (Lipinski definition) is 1. The molecule has 5 nitrogen and oxygen atoms in total. The van der Waals surface area contributed by atoms with Crippen LogP contribution in [0.25, 0.3) is 10.8 Å². The largest absolute Gasteiger partial charge is 0.466 e. The highest BCUT2D eigenvalue weighted by molar-refractivity contribution is 6.03. The van der Waals surface area contributed by atoms with Crippen LogP contribution in [0.5, 0.6) is 0 Å². The molecule has 1 fully saturated rings. The van der Waals surface area contributed by atoms with Crippen LogP contribution in [0.15, 0.2) is 42.5 Å². The second-order valence-corrected chi connectivity index (χ2v) is 6.75. The summed E-state index contributed by atoms with van der Waals surface area (Å²) in [4.78, 5) is 26.7. The Morgan fingerprint density at radius 2 is 1.85 bits per heavy atom. The molecule has 0 spiro atoms. The second kappa shape index (κ2) is 8.32. The highest BCUT2D eigenvalue weighted by Gasteiger charge is 2.30. The summed E-state index contributed by atoms with van der Waals surface area (Å²) in [5.74, 6) is -0.171. The zero-order valence-electron chi connectivity index (χ0n) is 15.4. The Kier molecular flexibility index (Phi) is 5.89. The van der Waals surface area contributed by atoms with Gasteiger partial charge in [0.25, 0.3) is 0 Å². The fourth-order valence-electron chi connectivity index (χ4n) is 3.52. The first-order valence-corrected chi connectivity index (χ1v) is 9.29. The number of fused-ring (bicyclic) bond motifs is 1. The Hall–Kier alpha value is -2.40. The molecule has 1 N–H and O–H groups in total. The van der Waals surface area contributed by atoms with Gasteiger partial charge in [0.05, 0.1) is 18.6 Å². The number of piperidine rings is 1. The summed E-state index contributed by atoms with van der Waals surface area (Å²) < 4.78 is 5.11. The van der Waals surface area contributed by atoms with E-state index < -0.39 is 0 Å². The van der Waals surface area contributed by atoms with Crippen molar-refractivity contribution in [2.45, 2.75) is 32.7 Å². The third-order valence-corrected chi connectivity index (χ3v) is 5.12. The topological polar surface area (TPSA) is 58.6 Å². The minimum atomic E-state index is -0.239. The van der Waals surface area contributed by atoms with Crippen LogP contribution in [0.3, 0.4) is 0 Å². The Balaban J connectivity index is 1.61. The molecule has 0 aliphatic carbocycles. The SMILES string of the molecule is CCOC(=O)C1CCN(C(C)C(=O)Nc2cccc3ccccc23)CC1. The molecule has 1 saturated heterocycles. The zero-order valence-corrected chi connectivity index (χ0v) is 15.4. The van der Waals surface area contributed by atoms with Crippen molar-refractivity contribution in [3.63, 3.8) is 0 Å². The fourth-order valence-corrected chi connectivity index (χ4v) is 3.52. The van der Waals surface area contributed by atoms with E-state index in [1.807, 2.05) is 56.3 Å². The van der Waals surface area contributed by atoms with Crippen molar-refractivity contribution in [3.05, 3.63) is 42.5 Å². The van der Waals surface area contributed by atoms with E-state index in [0.717, 1.165) is 42.4 Å². The monoisotopic (exact) mass is 354 g/mol. The molecule has 0 radical (unpaired) electrons. The highest BCUT2D eigenvalue weighted by atomic mass is 16.5. The van der Waals surface area contributed by atoms with E-state index in [9.17, 15) is 9.59 Å². The first-order valence-electron chi connectivity index (χ1n) is 9.29. The number of nitrogens with zero attached hydrogens (tertiary/aromatic N) is 1. The number of amides is 1. The lowest BCUT2D eigenvalue weighted by molar-refractivity contribution is -0.149. The summed E-state index contributed by atoms with van der Waals surface area (Å²) in [6.45, 7) is 5.63. The molecule has 5 heteroatoms. The molecule has 0 bridgehead atoms. The number of benzene rings is 2. The van der Waals surface area contributed by atoms with Crippen LogP contribution in [0.1, 0.15) is 26.7 Å². The summed E-state index contributed by atoms with van der Waals surface area (Å²) in [6.07, 6.45) is 1.48. The average molecular weight is 354 g/mol. The molecule has 1 unspecified atom stereocenters. The molecule has 1 aliphatic heterocycles. The van der Waals surface area contributed by atoms with Crippen LogP contribution in [-0.4, -0.2) is 42.5 Å². The van der Waals surface area contributed by atoms with Gasteiger partial charge in [-0.15, -0.1) is 0 Å². The van der Waals surface area contributed by atoms with Crippen molar-refractivity contribution in [3.8, 4) is 0 Å². The molecule has 1 amide bonds. The van der Waals surface area contributed by atoms with Crippen molar-refractivity contribution in [2.75, 3.05) is 25.0 Å². The van der Waals surface area contributed by atoms with Gasteiger partial charge < -0.3 is 10.1 Å². The molecule has 1 aliphatic rings. The fraction of sp³-hybridized carbons (Fsp3) is 0.429. The number of carbonyl (C=O) groups is 2. The number of nitrogens with one attached hydrogen (secondary N) is 1. The normalized spacial score (nSPS) is 17.0. The second-order valence-electron chi connectivity index (χ2n) is 6.75. The van der Waals surface area contributed by atoms with Crippen LogP contribution in [0.2, 0.25) is 0 Å². The van der Waals surface area contributed by atoms with E-state index in [1.54, 1.807) is 0 Å². The molecule has 1 atom stereocenters. The van der Waals surface area contributed by atoms with Gasteiger partial charge in [-0.1, -0.05) is 36.4 Å². The molecule has 1 heterocycles. The number of likely N-dealkylation sites (tertiary alicyclic amines) is 1. The molecule has 138 valence electrons. The van der Waals surface area contributed by atoms with Crippen molar-refractivity contribution in [1.82, 2.24) is 4.90 Å². The van der Waals surface area contributed by atoms with E-state index >= 15 is 0 Å². The Labute approximate surface area is 154 Å². The molecule has 2 aromatic rings. The lowest BCUT2D eigenvalue weighted by atomic mass is 9.96. The van der Waals surface area contributed by atoms with Crippen LogP contribution in [0, 0.1) is 5.92 Å². The van der Waals surface area contributed by atoms with Gasteiger partial charge in [0.15, 0.2) is 0 Å². The zero-order chi connectivity index (χ0) is 18.5. The number of ether oxygens (including phenoxy) is 1. The summed E-state index contributed by atoms with van der Waals surface area (Å²) in [6, 6.07) is 13.7. The average Bonchev–Trinajstić information content (AvgIpc) is 2.68. The van der Waals surface area contributed by atoms with Crippen LogP contribution in [-0.2, 0) is 14.3 Å². The van der Waals surface area contributed by atoms with Crippen molar-refractivity contribution in [2.24, 2.45) is 5.92 Å². The van der Waals surface area contributed by atoms with Gasteiger partial charge in [0, 0.05) is 11.1 Å². The lowest BCUT2D eigenvalue weighted by Gasteiger charge is -2.34. The summed E-state index contributed by atoms with van der Waals surface area (Å²) in [5.41, 5.74) is 0.835. The molecular formula is C21H26N2O3. The molecule has 0 aromatic heterocycles. The third kappa shape index (κ3) is 4.05. The first-order chi connectivity index (χ1) is 12.6. The van der Waals surface area contributed by atoms with E-state index in [1.165, 1.54) is 0 Å². The smallest absolute Gasteiger partial charge is 0.309 e. The van der Waals surface area contributed by atoms with Gasteiger partial charge in [0.2, 0.25) is 5.91 Å². The number of anilines is 1. The van der Waals surface area contributed by atoms with Gasteiger partial charge in [0.1, 0.15) is 0 Å². The molecule has 2 aromatic carbocycles. The predicted octanol–water partition coefficient (Wildman–Crippen LogP) is 3.44. The number of rotatable bonds is 5. The van der Waals surface area contributed by atoms with Gasteiger partial charge in [-0.25, -0.2) is 0 Å². The summed E-state index contributed by atoms with van der Waals surface area (Å²) >= 11 is 0. The van der Waals surface area contributed by atoms with Crippen molar-refractivity contribution >= 4 is 28.3 Å². The predicted molar refractivity (Wildman–Crippen MR) is 103 cm³/mol. The van der Waals surface area contributed by atoms with E-state index in [0.29, 0.717) is 6.61 Å². The summed E-state index contributed by atoms with van der Waals surface area (Å²) in [7, 11) is 0. The maximum atomic E-state index is 12.7. The van der Waals surface area contributed by atoms with E-state index in [-0.39, 0.29) is 23.8 Å². The van der Waals surface area contributed by atoms with Gasteiger partial charge >= 0.3 is 5.97 Å². The number of carbonyl (C=O) groups excluding carboxylic acids is 2. The molecular weight excluding hydrogens is 328 g/mol. The molecule has 0 saturated carbocycles. The Morgan fingerprint density at radius 3 is 2.58 bits per heavy atom. The Bertz CT molecular complexity index is 776. The number of hydrogen-bond acceptors (Lipinski definition) is 4. The third-order valence-electron chi connectivity index (χ3n) is 5.12. The maximum absolute atomic E-state index is 12.7. The van der Waals surface area contributed by atoms with Crippen LogP contribution < -0.4 is 5.32 Å². The van der Waals surface area contributed by atoms with Crippen molar-refractivity contribution in [1.29, 1.82) is 0 Å². The highest BCUT2D eigenvalue weighted by Crippen LogP contribution is 2.24. The van der Waals surface area contributed by atoms with Crippen LogP contribution in [0.4, 0.5) is 5.69 Å². The standard InChI is InChI=1S/C21H26N2O3/c1-3-26-21(25)17-11-13-23(14-12-17)15(2)20(24)22-19-10-6-8-16-7-4-5-9-18(16)19/h4-10,15,17H,3,11-14H2,1-2H3,(H,22,24). The van der Waals surface area contributed by atoms with Crippen molar-refractivity contribution < 1.29 is 14.3 Å². The van der Waals surface area contributed by atoms with E-state index in [2.05, 4.69) is 10.2 Å². The minimum absolute atomic E-state index is 0.0177. The Morgan fingerprint density at radius 1 is 1.15 bits per heavy atom. The van der Waals surface area contributed by atoms with Gasteiger partial charge in [-0.3, -0.25) is 14.5 Å². The molecule has 26 heavy (non-hydrogen) atoms. The first kappa shape index (κ1) is 18.4. The van der Waals surface area contributed by atoms with E-state index in [4.69, 9.17) is 4.74 Å². The lowest BCUT2D eigenvalue weighted by Crippen LogP contribution is -2.47. The number of esters is 1. The summed E-state index contributed by atoms with van der Waals surface area (Å²) in [5, 5.41) is 5.21. The van der Waals surface area contributed by atoms with Gasteiger partial charge in [-0.2, -0.15) is 0 Å². The molecule has 3 rings (SSSR count). The maximum Gasteiger partial charge on any atom is 0.309 e.